The molecule has 4 rings (SSSR count). The smallest absolute Gasteiger partial charge is 0.321 e. The highest BCUT2D eigenvalue weighted by Gasteiger charge is 2.34. The van der Waals surface area contributed by atoms with Crippen molar-refractivity contribution in [3.05, 3.63) is 105 Å². The number of H-pyrrole nitrogens is 1. The normalized spacial score (nSPS) is 11.4. The summed E-state index contributed by atoms with van der Waals surface area (Å²) in [6.07, 6.45) is -3.50. The van der Waals surface area contributed by atoms with Gasteiger partial charge in [0.1, 0.15) is 0 Å². The van der Waals surface area contributed by atoms with Crippen LogP contribution in [0.1, 0.15) is 37.4 Å². The molecule has 4 aromatic rings. The zero-order valence-corrected chi connectivity index (χ0v) is 20.4. The first kappa shape index (κ1) is 25.8. The number of aromatic amines is 1. The number of carbonyl (C=O) groups excluding carboxylic acids is 2. The van der Waals surface area contributed by atoms with E-state index >= 15 is 0 Å². The van der Waals surface area contributed by atoms with Crippen LogP contribution in [0.4, 0.5) is 18.9 Å². The summed E-state index contributed by atoms with van der Waals surface area (Å²) in [5.74, 6) is -0.886. The van der Waals surface area contributed by atoms with E-state index < -0.39 is 28.5 Å². The standard InChI is InChI=1S/C25H15Cl3F3N3O2/c26-11-13-2-1-3-15(8-13)24(36)33-21-7-5-16(27)10-17(21)23(35)18-12-32-34-22(18)14-4-6-20(28)19(9-14)25(29,30)31/h1-10,12H,11H2,(H,32,34)(H,33,36). The number of nitrogens with one attached hydrogen (secondary N) is 2. The molecular formula is C25H15Cl3F3N3O2. The maximum atomic E-state index is 13.5. The van der Waals surface area contributed by atoms with Gasteiger partial charge in [-0.2, -0.15) is 18.3 Å². The van der Waals surface area contributed by atoms with E-state index in [-0.39, 0.29) is 39.0 Å². The van der Waals surface area contributed by atoms with Crippen LogP contribution in [0.15, 0.2) is 66.9 Å². The van der Waals surface area contributed by atoms with E-state index in [0.717, 1.165) is 17.7 Å². The Morgan fingerprint density at radius 2 is 1.75 bits per heavy atom. The molecule has 36 heavy (non-hydrogen) atoms. The summed E-state index contributed by atoms with van der Waals surface area (Å²) < 4.78 is 40.1. The third-order valence-corrected chi connectivity index (χ3v) is 6.14. The fourth-order valence-corrected chi connectivity index (χ4v) is 4.09. The van der Waals surface area contributed by atoms with Gasteiger partial charge >= 0.3 is 6.18 Å². The monoisotopic (exact) mass is 551 g/mol. The van der Waals surface area contributed by atoms with E-state index in [2.05, 4.69) is 15.5 Å². The van der Waals surface area contributed by atoms with E-state index in [0.29, 0.717) is 5.56 Å². The van der Waals surface area contributed by atoms with Crippen molar-refractivity contribution in [1.82, 2.24) is 10.2 Å². The maximum Gasteiger partial charge on any atom is 0.417 e. The van der Waals surface area contributed by atoms with Crippen LogP contribution in [0, 0.1) is 0 Å². The molecule has 0 saturated heterocycles. The SMILES string of the molecule is O=C(Nc1ccc(Cl)cc1C(=O)c1cn[nH]c1-c1ccc(Cl)c(C(F)(F)F)c1)c1cccc(CCl)c1. The van der Waals surface area contributed by atoms with Crippen molar-refractivity contribution < 1.29 is 22.8 Å². The number of alkyl halides is 4. The Balaban J connectivity index is 1.71. The summed E-state index contributed by atoms with van der Waals surface area (Å²) in [7, 11) is 0. The van der Waals surface area contributed by atoms with Gasteiger partial charge in [-0.3, -0.25) is 14.7 Å². The number of ketones is 1. The molecule has 1 heterocycles. The second-order valence-corrected chi connectivity index (χ2v) is 8.77. The Bertz CT molecular complexity index is 1470. The van der Waals surface area contributed by atoms with E-state index in [1.165, 1.54) is 30.5 Å². The van der Waals surface area contributed by atoms with Crippen LogP contribution in [0.3, 0.4) is 0 Å². The second kappa shape index (κ2) is 10.3. The number of amides is 1. The maximum absolute atomic E-state index is 13.5. The van der Waals surface area contributed by atoms with Gasteiger partial charge in [0.05, 0.1) is 33.7 Å². The van der Waals surface area contributed by atoms with Crippen molar-refractivity contribution in [2.24, 2.45) is 0 Å². The van der Waals surface area contributed by atoms with Crippen LogP contribution >= 0.6 is 34.8 Å². The van der Waals surface area contributed by atoms with E-state index in [1.807, 2.05) is 0 Å². The van der Waals surface area contributed by atoms with E-state index in [1.54, 1.807) is 24.3 Å². The Hall–Kier alpha value is -3.33. The van der Waals surface area contributed by atoms with Gasteiger partial charge in [0.25, 0.3) is 5.91 Å². The summed E-state index contributed by atoms with van der Waals surface area (Å²) in [5.41, 5.74) is 0.276. The molecule has 5 nitrogen and oxygen atoms in total. The van der Waals surface area contributed by atoms with Crippen LogP contribution in [-0.2, 0) is 12.1 Å². The highest BCUT2D eigenvalue weighted by Crippen LogP contribution is 2.38. The number of rotatable bonds is 6. The first-order valence-corrected chi connectivity index (χ1v) is 11.6. The third kappa shape index (κ3) is 5.41. The lowest BCUT2D eigenvalue weighted by atomic mass is 9.98. The molecule has 0 aliphatic heterocycles. The number of aromatic nitrogens is 2. The third-order valence-electron chi connectivity index (χ3n) is 5.26. The molecule has 1 aromatic heterocycles. The molecule has 0 spiro atoms. The number of benzene rings is 3. The molecule has 0 unspecified atom stereocenters. The highest BCUT2D eigenvalue weighted by atomic mass is 35.5. The quantitative estimate of drug-likeness (QED) is 0.191. The molecular weight excluding hydrogens is 538 g/mol. The van der Waals surface area contributed by atoms with Crippen molar-refractivity contribution in [2.45, 2.75) is 12.1 Å². The number of halogens is 6. The molecule has 1 amide bonds. The number of hydrogen-bond donors (Lipinski definition) is 2. The van der Waals surface area contributed by atoms with Gasteiger partial charge in [-0.25, -0.2) is 0 Å². The molecule has 0 radical (unpaired) electrons. The van der Waals surface area contributed by atoms with Crippen molar-refractivity contribution in [3.8, 4) is 11.3 Å². The van der Waals surface area contributed by atoms with Crippen LogP contribution in [0.5, 0.6) is 0 Å². The highest BCUT2D eigenvalue weighted by molar-refractivity contribution is 6.32. The zero-order chi connectivity index (χ0) is 26.0. The minimum absolute atomic E-state index is 0.0210. The lowest BCUT2D eigenvalue weighted by Crippen LogP contribution is -2.15. The van der Waals surface area contributed by atoms with Gasteiger partial charge in [-0.15, -0.1) is 11.6 Å². The van der Waals surface area contributed by atoms with Crippen molar-refractivity contribution in [3.63, 3.8) is 0 Å². The molecule has 0 aliphatic rings. The summed E-state index contributed by atoms with van der Waals surface area (Å²) in [6.45, 7) is 0. The molecule has 0 saturated carbocycles. The number of hydrogen-bond acceptors (Lipinski definition) is 3. The Morgan fingerprint density at radius 3 is 2.47 bits per heavy atom. The van der Waals surface area contributed by atoms with Crippen LogP contribution in [0.25, 0.3) is 11.3 Å². The van der Waals surface area contributed by atoms with Crippen LogP contribution < -0.4 is 5.32 Å². The Kier molecular flexibility index (Phi) is 7.40. The van der Waals surface area contributed by atoms with Gasteiger partial charge in [-0.05, 0) is 48.0 Å². The lowest BCUT2D eigenvalue weighted by molar-refractivity contribution is -0.137. The van der Waals surface area contributed by atoms with E-state index in [4.69, 9.17) is 34.8 Å². The summed E-state index contributed by atoms with van der Waals surface area (Å²) >= 11 is 17.7. The molecule has 11 heteroatoms. The predicted octanol–water partition coefficient (Wildman–Crippen LogP) is 7.62. The predicted molar refractivity (Wildman–Crippen MR) is 133 cm³/mol. The molecule has 0 atom stereocenters. The van der Waals surface area contributed by atoms with Gasteiger partial charge in [0.15, 0.2) is 5.78 Å². The van der Waals surface area contributed by atoms with E-state index in [9.17, 15) is 22.8 Å². The van der Waals surface area contributed by atoms with Crippen molar-refractivity contribution in [1.29, 1.82) is 0 Å². The first-order valence-electron chi connectivity index (χ1n) is 10.3. The minimum atomic E-state index is -4.69. The summed E-state index contributed by atoms with van der Waals surface area (Å²) in [6, 6.07) is 14.2. The topological polar surface area (TPSA) is 74.8 Å². The van der Waals surface area contributed by atoms with Crippen LogP contribution in [-0.4, -0.2) is 21.9 Å². The van der Waals surface area contributed by atoms with Crippen molar-refractivity contribution in [2.75, 3.05) is 5.32 Å². The average molecular weight is 553 g/mol. The summed E-state index contributed by atoms with van der Waals surface area (Å²) in [5, 5.41) is 8.85. The molecule has 2 N–H and O–H groups in total. The Morgan fingerprint density at radius 1 is 0.972 bits per heavy atom. The molecule has 0 bridgehead atoms. The second-order valence-electron chi connectivity index (χ2n) is 7.66. The molecule has 184 valence electrons. The average Bonchev–Trinajstić information content (AvgIpc) is 3.34. The molecule has 0 aliphatic carbocycles. The van der Waals surface area contributed by atoms with Gasteiger partial charge in [-0.1, -0.05) is 41.4 Å². The fraction of sp³-hybridized carbons (Fsp3) is 0.0800. The summed E-state index contributed by atoms with van der Waals surface area (Å²) in [4.78, 5) is 26.4. The first-order chi connectivity index (χ1) is 17.1. The zero-order valence-electron chi connectivity index (χ0n) is 18.1. The largest absolute Gasteiger partial charge is 0.417 e. The number of anilines is 1. The lowest BCUT2D eigenvalue weighted by Gasteiger charge is -2.13. The van der Waals surface area contributed by atoms with Gasteiger partial charge in [0.2, 0.25) is 0 Å². The molecule has 0 fully saturated rings. The van der Waals surface area contributed by atoms with Gasteiger partial charge in [0, 0.05) is 27.6 Å². The molecule has 3 aromatic carbocycles. The number of nitrogens with zero attached hydrogens (tertiary/aromatic N) is 1. The number of carbonyl (C=O) groups is 2. The van der Waals surface area contributed by atoms with Crippen molar-refractivity contribution >= 4 is 52.2 Å². The van der Waals surface area contributed by atoms with Crippen LogP contribution in [0.2, 0.25) is 10.0 Å². The van der Waals surface area contributed by atoms with Gasteiger partial charge < -0.3 is 5.32 Å². The minimum Gasteiger partial charge on any atom is -0.321 e. The fourth-order valence-electron chi connectivity index (χ4n) is 3.52. The Labute approximate surface area is 218 Å².